The number of hydrogen-bond donors (Lipinski definition) is 1. The monoisotopic (exact) mass is 446 g/mol. The van der Waals surface area contributed by atoms with E-state index in [-0.39, 0.29) is 12.2 Å². The second-order valence-electron chi connectivity index (χ2n) is 7.08. The van der Waals surface area contributed by atoms with Crippen molar-refractivity contribution in [1.29, 1.82) is 0 Å². The number of rotatable bonds is 6. The normalized spacial score (nSPS) is 11.8. The lowest BCUT2D eigenvalue weighted by Crippen LogP contribution is -2.28. The highest BCUT2D eigenvalue weighted by atomic mass is 19.4. The molecule has 2 aromatic heterocycles. The molecule has 2 aromatic carbocycles. The molecule has 4 aromatic rings. The maximum absolute atomic E-state index is 13.7. The Hall–Kier alpha value is -3.76. The average molecular weight is 446 g/mol. The summed E-state index contributed by atoms with van der Waals surface area (Å²) in [7, 11) is 0. The smallest absolute Gasteiger partial charge is 0.351 e. The van der Waals surface area contributed by atoms with Gasteiger partial charge in [0.05, 0.1) is 16.7 Å². The van der Waals surface area contributed by atoms with E-state index in [1.165, 1.54) is 0 Å². The number of benzene rings is 2. The van der Waals surface area contributed by atoms with Gasteiger partial charge in [-0.25, -0.2) is 14.1 Å². The van der Waals surface area contributed by atoms with E-state index in [1.54, 1.807) is 0 Å². The Morgan fingerprint density at radius 3 is 2.53 bits per heavy atom. The Balaban J connectivity index is 1.47. The van der Waals surface area contributed by atoms with Gasteiger partial charge in [0.1, 0.15) is 11.6 Å². The van der Waals surface area contributed by atoms with Crippen LogP contribution in [0.2, 0.25) is 0 Å². The number of fused-ring (bicyclic) bond motifs is 1. The lowest BCUT2D eigenvalue weighted by atomic mass is 10.2. The standard InChI is InChI=1S/C21H18F4N6O/c1-13-27-16-5-2-3-6-17(16)30(13)12-4-11-26-20(32)18-19(21(23,24)25)31(29-28-18)15-9-7-14(22)8-10-15/h2-3,5-10H,4,11-12H2,1H3,(H,26,32). The first-order valence-electron chi connectivity index (χ1n) is 9.74. The summed E-state index contributed by atoms with van der Waals surface area (Å²) in [5.74, 6) is -0.793. The maximum atomic E-state index is 13.7. The van der Waals surface area contributed by atoms with Gasteiger partial charge < -0.3 is 9.88 Å². The highest BCUT2D eigenvalue weighted by molar-refractivity contribution is 5.93. The van der Waals surface area contributed by atoms with Gasteiger partial charge in [0.25, 0.3) is 5.91 Å². The number of alkyl halides is 3. The summed E-state index contributed by atoms with van der Waals surface area (Å²) in [5.41, 5.74) is -0.434. The summed E-state index contributed by atoms with van der Waals surface area (Å²) < 4.78 is 56.6. The van der Waals surface area contributed by atoms with Gasteiger partial charge in [-0.3, -0.25) is 4.79 Å². The van der Waals surface area contributed by atoms with Crippen LogP contribution in [0.15, 0.2) is 48.5 Å². The number of imidazole rings is 1. The van der Waals surface area contributed by atoms with E-state index in [9.17, 15) is 22.4 Å². The van der Waals surface area contributed by atoms with Crippen molar-refractivity contribution in [2.75, 3.05) is 6.54 Å². The number of aryl methyl sites for hydroxylation is 2. The number of hydrogen-bond acceptors (Lipinski definition) is 4. The van der Waals surface area contributed by atoms with Crippen LogP contribution in [0.1, 0.15) is 28.4 Å². The van der Waals surface area contributed by atoms with Gasteiger partial charge in [-0.05, 0) is 49.7 Å². The van der Waals surface area contributed by atoms with Crippen molar-refractivity contribution in [2.24, 2.45) is 0 Å². The molecule has 0 unspecified atom stereocenters. The van der Waals surface area contributed by atoms with Crippen molar-refractivity contribution in [3.05, 3.63) is 71.6 Å². The largest absolute Gasteiger partial charge is 0.435 e. The van der Waals surface area contributed by atoms with Crippen LogP contribution in [0.4, 0.5) is 17.6 Å². The molecule has 0 radical (unpaired) electrons. The molecule has 7 nitrogen and oxygen atoms in total. The Morgan fingerprint density at radius 1 is 1.09 bits per heavy atom. The summed E-state index contributed by atoms with van der Waals surface area (Å²) in [6.45, 7) is 2.52. The van der Waals surface area contributed by atoms with Crippen LogP contribution in [0, 0.1) is 12.7 Å². The van der Waals surface area contributed by atoms with Crippen LogP contribution < -0.4 is 5.32 Å². The SMILES string of the molecule is Cc1nc2ccccc2n1CCCNC(=O)c1nnn(-c2ccc(F)cc2)c1C(F)(F)F. The Bertz CT molecular complexity index is 1260. The zero-order chi connectivity index (χ0) is 22.9. The fraction of sp³-hybridized carbons (Fsp3) is 0.238. The minimum absolute atomic E-state index is 0.0623. The molecule has 0 aliphatic rings. The topological polar surface area (TPSA) is 77.6 Å². The number of nitrogens with one attached hydrogen (secondary N) is 1. The van der Waals surface area contributed by atoms with Gasteiger partial charge in [-0.1, -0.05) is 17.3 Å². The molecule has 1 amide bonds. The summed E-state index contributed by atoms with van der Waals surface area (Å²) in [5, 5.41) is 9.37. The molecule has 0 fully saturated rings. The van der Waals surface area contributed by atoms with Crippen LogP contribution >= 0.6 is 0 Å². The molecule has 0 aliphatic heterocycles. The van der Waals surface area contributed by atoms with Crippen molar-refractivity contribution in [2.45, 2.75) is 26.1 Å². The molecular formula is C21H18F4N6O. The van der Waals surface area contributed by atoms with Crippen LogP contribution in [0.3, 0.4) is 0 Å². The second-order valence-corrected chi connectivity index (χ2v) is 7.08. The zero-order valence-electron chi connectivity index (χ0n) is 16.9. The van der Waals surface area contributed by atoms with E-state index in [2.05, 4.69) is 20.6 Å². The molecule has 32 heavy (non-hydrogen) atoms. The number of amides is 1. The fourth-order valence-electron chi connectivity index (χ4n) is 3.45. The molecule has 0 bridgehead atoms. The highest BCUT2D eigenvalue weighted by Gasteiger charge is 2.41. The van der Waals surface area contributed by atoms with Crippen LogP contribution in [-0.4, -0.2) is 37.0 Å². The van der Waals surface area contributed by atoms with Crippen molar-refractivity contribution in [1.82, 2.24) is 29.9 Å². The van der Waals surface area contributed by atoms with Gasteiger partial charge >= 0.3 is 6.18 Å². The van der Waals surface area contributed by atoms with Crippen molar-refractivity contribution in [3.63, 3.8) is 0 Å². The quantitative estimate of drug-likeness (QED) is 0.360. The molecule has 0 aliphatic carbocycles. The predicted octanol–water partition coefficient (Wildman–Crippen LogP) is 3.90. The van der Waals surface area contributed by atoms with E-state index >= 15 is 0 Å². The molecule has 2 heterocycles. The van der Waals surface area contributed by atoms with Gasteiger partial charge in [0.2, 0.25) is 0 Å². The van der Waals surface area contributed by atoms with Crippen molar-refractivity contribution >= 4 is 16.9 Å². The molecular weight excluding hydrogens is 428 g/mol. The van der Waals surface area contributed by atoms with E-state index in [4.69, 9.17) is 0 Å². The van der Waals surface area contributed by atoms with Crippen LogP contribution in [0.5, 0.6) is 0 Å². The number of halogens is 4. The summed E-state index contributed by atoms with van der Waals surface area (Å²) in [6.07, 6.45) is -4.42. The third-order valence-electron chi connectivity index (χ3n) is 4.91. The molecule has 0 saturated heterocycles. The first-order valence-corrected chi connectivity index (χ1v) is 9.74. The Morgan fingerprint density at radius 2 is 1.81 bits per heavy atom. The van der Waals surface area contributed by atoms with Gasteiger partial charge in [-0.15, -0.1) is 5.10 Å². The van der Waals surface area contributed by atoms with E-state index in [1.807, 2.05) is 35.8 Å². The first-order chi connectivity index (χ1) is 15.3. The number of carbonyl (C=O) groups is 1. The maximum Gasteiger partial charge on any atom is 0.435 e. The summed E-state index contributed by atoms with van der Waals surface area (Å²) in [4.78, 5) is 16.9. The minimum atomic E-state index is -4.89. The molecule has 4 rings (SSSR count). The molecule has 0 saturated carbocycles. The fourth-order valence-corrected chi connectivity index (χ4v) is 3.45. The zero-order valence-corrected chi connectivity index (χ0v) is 16.9. The van der Waals surface area contributed by atoms with Gasteiger partial charge in [-0.2, -0.15) is 13.2 Å². The number of carbonyl (C=O) groups excluding carboxylic acids is 1. The summed E-state index contributed by atoms with van der Waals surface area (Å²) in [6, 6.07) is 11.8. The second kappa shape index (κ2) is 8.40. The lowest BCUT2D eigenvalue weighted by Gasteiger charge is -2.11. The minimum Gasteiger partial charge on any atom is -0.351 e. The van der Waals surface area contributed by atoms with Gasteiger partial charge in [0, 0.05) is 13.1 Å². The lowest BCUT2D eigenvalue weighted by molar-refractivity contribution is -0.143. The molecule has 0 spiro atoms. The molecule has 0 atom stereocenters. The third kappa shape index (κ3) is 4.18. The number of para-hydroxylation sites is 2. The molecule has 11 heteroatoms. The average Bonchev–Trinajstić information content (AvgIpc) is 3.33. The van der Waals surface area contributed by atoms with E-state index < -0.39 is 29.3 Å². The van der Waals surface area contributed by atoms with Crippen molar-refractivity contribution < 1.29 is 22.4 Å². The first kappa shape index (κ1) is 21.5. The third-order valence-corrected chi connectivity index (χ3v) is 4.91. The predicted molar refractivity (Wildman–Crippen MR) is 108 cm³/mol. The van der Waals surface area contributed by atoms with Crippen LogP contribution in [-0.2, 0) is 12.7 Å². The van der Waals surface area contributed by atoms with Gasteiger partial charge in [0.15, 0.2) is 11.4 Å². The summed E-state index contributed by atoms with van der Waals surface area (Å²) >= 11 is 0. The van der Waals surface area contributed by atoms with Crippen LogP contribution in [0.25, 0.3) is 16.7 Å². The molecule has 1 N–H and O–H groups in total. The van der Waals surface area contributed by atoms with E-state index in [0.717, 1.165) is 41.1 Å². The highest BCUT2D eigenvalue weighted by Crippen LogP contribution is 2.32. The Kier molecular flexibility index (Phi) is 5.64. The number of aromatic nitrogens is 5. The number of nitrogens with zero attached hydrogens (tertiary/aromatic N) is 5. The van der Waals surface area contributed by atoms with E-state index in [0.29, 0.717) is 17.6 Å². The van der Waals surface area contributed by atoms with Crippen molar-refractivity contribution in [3.8, 4) is 5.69 Å². The Labute approximate surface area is 179 Å². The molecule has 166 valence electrons.